The van der Waals surface area contributed by atoms with Gasteiger partial charge in [0.25, 0.3) is 0 Å². The minimum atomic E-state index is -1.83. The predicted octanol–water partition coefficient (Wildman–Crippen LogP) is -2.42. The second kappa shape index (κ2) is 22.1. The van der Waals surface area contributed by atoms with Crippen LogP contribution in [-0.4, -0.2) is 135 Å². The topological polar surface area (TPSA) is 388 Å². The molecule has 7 amide bonds. The van der Waals surface area contributed by atoms with Crippen LogP contribution in [0.3, 0.4) is 0 Å². The maximum absolute atomic E-state index is 14.8. The molecule has 0 fully saturated rings. The number of carbonyl (C=O) groups excluding carboxylic acids is 7. The summed E-state index contributed by atoms with van der Waals surface area (Å²) in [6.45, 7) is -1.89. The molecule has 0 spiro atoms. The first-order chi connectivity index (χ1) is 33.6. The van der Waals surface area contributed by atoms with Crippen LogP contribution in [-0.2, 0) is 51.2 Å². The number of benzene rings is 3. The van der Waals surface area contributed by atoms with Crippen molar-refractivity contribution in [3.63, 3.8) is 0 Å². The Morgan fingerprint density at radius 3 is 2.24 bits per heavy atom. The number of aliphatic hydroxyl groups is 2. The van der Waals surface area contributed by atoms with Crippen molar-refractivity contribution in [2.24, 2.45) is 17.2 Å². The van der Waals surface area contributed by atoms with E-state index in [9.17, 15) is 53.7 Å². The summed E-state index contributed by atoms with van der Waals surface area (Å²) in [7, 11) is 0. The van der Waals surface area contributed by atoms with Gasteiger partial charge in [-0.25, -0.2) is 4.79 Å². The van der Waals surface area contributed by atoms with Gasteiger partial charge in [0.1, 0.15) is 42.0 Å². The molecule has 70 heavy (non-hydrogen) atoms. The SMILES string of the molecule is NCCCC1c2ccc3c(c[nH]c3c2)C2Oc3cccc4c(c[nH]c34)CC(N)C(=O)NC(CC(N)=O)C(=O)NC2C(=O)NC(CO)C(=O)NC1C(=O)NC(CO)C(=O)NC(Cc1ccccc1)C(=O)O. The lowest BCUT2D eigenvalue weighted by atomic mass is 9.85. The van der Waals surface area contributed by atoms with Crippen LogP contribution in [0.2, 0.25) is 0 Å². The lowest BCUT2D eigenvalue weighted by Crippen LogP contribution is -2.62. The fourth-order valence-corrected chi connectivity index (χ4v) is 8.78. The Balaban J connectivity index is 1.31. The number of ether oxygens (including phenoxy) is 1. The minimum Gasteiger partial charge on any atom is -0.481 e. The molecule has 17 N–H and O–H groups in total. The molecule has 5 aromatic rings. The molecule has 0 saturated heterocycles. The Hall–Kier alpha value is -7.86. The van der Waals surface area contributed by atoms with Gasteiger partial charge in [-0.15, -0.1) is 0 Å². The molecular weight excluding hydrogens is 911 g/mol. The molecule has 8 rings (SSSR count). The van der Waals surface area contributed by atoms with Crippen molar-refractivity contribution in [3.8, 4) is 5.75 Å². The van der Waals surface area contributed by atoms with Crippen LogP contribution in [0.4, 0.5) is 0 Å². The third-order valence-corrected chi connectivity index (χ3v) is 12.4. The van der Waals surface area contributed by atoms with Crippen molar-refractivity contribution < 1.29 is 58.4 Å². The van der Waals surface area contributed by atoms with Gasteiger partial charge < -0.3 is 79.1 Å². The van der Waals surface area contributed by atoms with Gasteiger partial charge in [-0.05, 0) is 54.6 Å². The number of rotatable bonds is 14. The zero-order valence-corrected chi connectivity index (χ0v) is 37.6. The second-order valence-electron chi connectivity index (χ2n) is 17.2. The molecule has 9 atom stereocenters. The third-order valence-electron chi connectivity index (χ3n) is 12.4. The molecule has 8 bridgehead atoms. The van der Waals surface area contributed by atoms with Gasteiger partial charge in [-0.1, -0.05) is 54.6 Å². The number of aliphatic carboxylic acids is 1. The molecular formula is C47H55N11O12. The van der Waals surface area contributed by atoms with Gasteiger partial charge >= 0.3 is 5.97 Å². The van der Waals surface area contributed by atoms with E-state index in [0.717, 1.165) is 0 Å². The number of aromatic nitrogens is 2. The zero-order valence-electron chi connectivity index (χ0n) is 37.6. The van der Waals surface area contributed by atoms with Crippen molar-refractivity contribution in [2.45, 2.75) is 86.4 Å². The standard InChI is InChI=1S/C47H55N11O12/c48-13-5-9-25-23-11-12-27-28(19-51-30(27)16-23)40-39(58-42(63)31(17-36(50)61)53-41(62)29(49)15-24-18-52-37-26(24)8-4-10-35(37)70-40)46(67)56-34(21-60)44(65)57-38(25)45(66)55-33(20-59)43(64)54-32(47(68)69)14-22-6-2-1-3-7-22/h1-4,6-8,10-12,16,18-19,25,29,31-34,38-40,51-52,59-60H,5,9,13-15,17,20-21,48-49H2,(H2,50,61)(H,53,62)(H,54,64)(H,55,66)(H,56,67)(H,57,65)(H,58,63)(H,68,69). The molecule has 9 unspecified atom stereocenters. The molecule has 23 heteroatoms. The van der Waals surface area contributed by atoms with Crippen LogP contribution in [0, 0.1) is 0 Å². The van der Waals surface area contributed by atoms with Gasteiger partial charge in [0.15, 0.2) is 6.10 Å². The largest absolute Gasteiger partial charge is 0.481 e. The number of aromatic amines is 2. The smallest absolute Gasteiger partial charge is 0.326 e. The highest BCUT2D eigenvalue weighted by Gasteiger charge is 2.42. The summed E-state index contributed by atoms with van der Waals surface area (Å²) in [5.74, 6) is -9.20. The average Bonchev–Trinajstić information content (AvgIpc) is 3.96. The van der Waals surface area contributed by atoms with Crippen LogP contribution in [0.5, 0.6) is 5.75 Å². The fraction of sp³-hybridized carbons (Fsp3) is 0.362. The van der Waals surface area contributed by atoms with Crippen molar-refractivity contribution >= 4 is 69.1 Å². The maximum Gasteiger partial charge on any atom is 0.326 e. The summed E-state index contributed by atoms with van der Waals surface area (Å²) in [5, 5.41) is 47.0. The summed E-state index contributed by atoms with van der Waals surface area (Å²) in [4.78, 5) is 116. The second-order valence-corrected chi connectivity index (χ2v) is 17.2. The van der Waals surface area contributed by atoms with Gasteiger partial charge in [0, 0.05) is 46.6 Å². The van der Waals surface area contributed by atoms with Crippen molar-refractivity contribution in [1.82, 2.24) is 41.9 Å². The zero-order chi connectivity index (χ0) is 50.2. The quantitative estimate of drug-likeness (QED) is 0.0551. The Bertz CT molecular complexity index is 2780. The number of amides is 7. The fourth-order valence-electron chi connectivity index (χ4n) is 8.78. The van der Waals surface area contributed by atoms with E-state index in [1.807, 2.05) is 0 Å². The van der Waals surface area contributed by atoms with E-state index in [2.05, 4.69) is 41.9 Å². The van der Waals surface area contributed by atoms with E-state index in [0.29, 0.717) is 50.5 Å². The Morgan fingerprint density at radius 2 is 1.54 bits per heavy atom. The number of para-hydroxylation sites is 1. The first-order valence-electron chi connectivity index (χ1n) is 22.5. The highest BCUT2D eigenvalue weighted by molar-refractivity contribution is 6.00. The lowest BCUT2D eigenvalue weighted by molar-refractivity contribution is -0.142. The van der Waals surface area contributed by atoms with Crippen LogP contribution >= 0.6 is 0 Å². The molecule has 0 aliphatic carbocycles. The van der Waals surface area contributed by atoms with E-state index in [-0.39, 0.29) is 31.6 Å². The van der Waals surface area contributed by atoms with Crippen molar-refractivity contribution in [3.05, 3.63) is 101 Å². The summed E-state index contributed by atoms with van der Waals surface area (Å²) in [6.07, 6.45) is 1.38. The maximum atomic E-state index is 14.8. The van der Waals surface area contributed by atoms with Gasteiger partial charge in [0.05, 0.1) is 31.2 Å². The summed E-state index contributed by atoms with van der Waals surface area (Å²) < 4.78 is 6.73. The Morgan fingerprint density at radius 1 is 0.800 bits per heavy atom. The molecule has 3 aromatic carbocycles. The number of fused-ring (bicyclic) bond motifs is 7. The lowest BCUT2D eigenvalue weighted by Gasteiger charge is -2.33. The van der Waals surface area contributed by atoms with E-state index >= 15 is 0 Å². The highest BCUT2D eigenvalue weighted by Crippen LogP contribution is 2.37. The number of nitrogens with one attached hydrogen (secondary N) is 8. The minimum absolute atomic E-state index is 0.0125. The monoisotopic (exact) mass is 965 g/mol. The number of aliphatic hydroxyl groups excluding tert-OH is 2. The van der Waals surface area contributed by atoms with Crippen molar-refractivity contribution in [1.29, 1.82) is 0 Å². The number of primary amides is 1. The molecule has 370 valence electrons. The summed E-state index contributed by atoms with van der Waals surface area (Å²) >= 11 is 0. The van der Waals surface area contributed by atoms with Crippen LogP contribution in [0.25, 0.3) is 21.8 Å². The summed E-state index contributed by atoms with van der Waals surface area (Å²) in [5.41, 5.74) is 20.6. The number of hydrogen-bond acceptors (Lipinski definition) is 13. The molecule has 3 aliphatic heterocycles. The molecule has 0 radical (unpaired) electrons. The van der Waals surface area contributed by atoms with E-state index < -0.39 is 121 Å². The molecule has 23 nitrogen and oxygen atoms in total. The molecule has 3 aliphatic rings. The van der Waals surface area contributed by atoms with Gasteiger partial charge in [-0.3, -0.25) is 33.6 Å². The van der Waals surface area contributed by atoms with E-state index in [4.69, 9.17) is 21.9 Å². The first kappa shape index (κ1) is 50.0. The van der Waals surface area contributed by atoms with Gasteiger partial charge in [0.2, 0.25) is 41.4 Å². The summed E-state index contributed by atoms with van der Waals surface area (Å²) in [6, 6.07) is 7.27. The van der Waals surface area contributed by atoms with E-state index in [1.165, 1.54) is 6.20 Å². The van der Waals surface area contributed by atoms with E-state index in [1.54, 1.807) is 72.9 Å². The Labute approximate surface area is 399 Å². The average molecular weight is 966 g/mol. The normalized spacial score (nSPS) is 22.8. The highest BCUT2D eigenvalue weighted by atomic mass is 16.5. The molecule has 5 heterocycles. The van der Waals surface area contributed by atoms with Crippen LogP contribution in [0.1, 0.15) is 53.5 Å². The molecule has 2 aromatic heterocycles. The number of carboxylic acid groups (broad SMARTS) is 1. The number of nitrogens with two attached hydrogens (primary N) is 3. The number of H-pyrrole nitrogens is 2. The molecule has 0 saturated carbocycles. The third kappa shape index (κ3) is 11.2. The number of carbonyl (C=O) groups is 8. The number of hydrogen-bond donors (Lipinski definition) is 14. The van der Waals surface area contributed by atoms with Crippen molar-refractivity contribution in [2.75, 3.05) is 19.8 Å². The van der Waals surface area contributed by atoms with Crippen LogP contribution in [0.15, 0.2) is 79.1 Å². The number of carboxylic acids is 1. The van der Waals surface area contributed by atoms with Gasteiger partial charge in [-0.2, -0.15) is 0 Å². The van der Waals surface area contributed by atoms with Crippen LogP contribution < -0.4 is 53.8 Å². The Kier molecular flexibility index (Phi) is 15.8. The predicted molar refractivity (Wildman–Crippen MR) is 250 cm³/mol. The first-order valence-corrected chi connectivity index (χ1v) is 22.5.